The number of hydrogen-bond donors (Lipinski definition) is 1. The molecule has 1 saturated carbocycles. The van der Waals surface area contributed by atoms with Crippen molar-refractivity contribution < 1.29 is 4.74 Å². The third kappa shape index (κ3) is 3.63. The molecule has 2 N–H and O–H groups in total. The molecule has 2 rings (SSSR count). The summed E-state index contributed by atoms with van der Waals surface area (Å²) in [6.45, 7) is 3.33. The van der Waals surface area contributed by atoms with E-state index in [-0.39, 0.29) is 0 Å². The molecule has 2 unspecified atom stereocenters. The van der Waals surface area contributed by atoms with Crippen molar-refractivity contribution in [2.75, 3.05) is 19.9 Å². The van der Waals surface area contributed by atoms with Gasteiger partial charge < -0.3 is 10.5 Å². The Balaban J connectivity index is 1.98. The van der Waals surface area contributed by atoms with Crippen molar-refractivity contribution in [3.05, 3.63) is 23.8 Å². The Labute approximate surface area is 116 Å². The fraction of sp³-hybridized carbons (Fsp3) is 0.625. The van der Waals surface area contributed by atoms with Crippen LogP contribution in [0.4, 0.5) is 5.69 Å². The summed E-state index contributed by atoms with van der Waals surface area (Å²) >= 11 is 0. The molecule has 19 heavy (non-hydrogen) atoms. The van der Waals surface area contributed by atoms with Crippen LogP contribution < -0.4 is 10.5 Å². The Morgan fingerprint density at radius 3 is 2.79 bits per heavy atom. The average molecular weight is 262 g/mol. The Bertz CT molecular complexity index is 419. The standard InChI is InChI=1S/C16H26N2O/c1-12-5-4-6-14(9-12)18(2)11-13-7-8-16(19-3)15(17)10-13/h7-8,10,12,14H,4-6,9,11,17H2,1-3H3. The van der Waals surface area contributed by atoms with Gasteiger partial charge in [-0.3, -0.25) is 4.90 Å². The number of anilines is 1. The maximum atomic E-state index is 5.96. The van der Waals surface area contributed by atoms with Crippen molar-refractivity contribution in [2.24, 2.45) is 5.92 Å². The summed E-state index contributed by atoms with van der Waals surface area (Å²) in [4.78, 5) is 2.47. The van der Waals surface area contributed by atoms with Crippen molar-refractivity contribution in [3.63, 3.8) is 0 Å². The molecular weight excluding hydrogens is 236 g/mol. The van der Waals surface area contributed by atoms with E-state index < -0.39 is 0 Å². The largest absolute Gasteiger partial charge is 0.495 e. The number of rotatable bonds is 4. The molecule has 0 radical (unpaired) electrons. The zero-order valence-corrected chi connectivity index (χ0v) is 12.4. The minimum absolute atomic E-state index is 0.715. The highest BCUT2D eigenvalue weighted by Gasteiger charge is 2.22. The number of hydrogen-bond acceptors (Lipinski definition) is 3. The van der Waals surface area contributed by atoms with Crippen LogP contribution in [0.2, 0.25) is 0 Å². The molecular formula is C16H26N2O. The van der Waals surface area contributed by atoms with E-state index in [2.05, 4.69) is 24.9 Å². The quantitative estimate of drug-likeness (QED) is 0.846. The van der Waals surface area contributed by atoms with E-state index in [1.54, 1.807) is 7.11 Å². The molecule has 1 aromatic rings. The summed E-state index contributed by atoms with van der Waals surface area (Å²) in [6, 6.07) is 6.81. The van der Waals surface area contributed by atoms with Crippen molar-refractivity contribution in [2.45, 2.75) is 45.2 Å². The van der Waals surface area contributed by atoms with Crippen molar-refractivity contribution >= 4 is 5.69 Å². The van der Waals surface area contributed by atoms with Gasteiger partial charge in [-0.15, -0.1) is 0 Å². The molecule has 0 amide bonds. The van der Waals surface area contributed by atoms with Gasteiger partial charge in [0.05, 0.1) is 12.8 Å². The second kappa shape index (κ2) is 6.29. The van der Waals surface area contributed by atoms with Gasteiger partial charge in [0.25, 0.3) is 0 Å². The molecule has 0 spiro atoms. The normalized spacial score (nSPS) is 23.6. The van der Waals surface area contributed by atoms with E-state index in [1.807, 2.05) is 12.1 Å². The number of benzene rings is 1. The molecule has 1 aliphatic rings. The number of nitrogen functional groups attached to an aromatic ring is 1. The molecule has 1 aliphatic carbocycles. The van der Waals surface area contributed by atoms with Gasteiger partial charge in [0.2, 0.25) is 0 Å². The van der Waals surface area contributed by atoms with Gasteiger partial charge in [0.15, 0.2) is 0 Å². The molecule has 0 aromatic heterocycles. The second-order valence-corrected chi connectivity index (χ2v) is 5.92. The molecule has 0 heterocycles. The third-order valence-electron chi connectivity index (χ3n) is 4.26. The third-order valence-corrected chi connectivity index (χ3v) is 4.26. The van der Waals surface area contributed by atoms with Gasteiger partial charge in [-0.1, -0.05) is 25.8 Å². The van der Waals surface area contributed by atoms with Gasteiger partial charge in [-0.05, 0) is 43.5 Å². The highest BCUT2D eigenvalue weighted by molar-refractivity contribution is 5.54. The lowest BCUT2D eigenvalue weighted by molar-refractivity contribution is 0.157. The van der Waals surface area contributed by atoms with Crippen LogP contribution in [0.5, 0.6) is 5.75 Å². The van der Waals surface area contributed by atoms with Crippen molar-refractivity contribution in [3.8, 4) is 5.75 Å². The lowest BCUT2D eigenvalue weighted by atomic mass is 9.86. The van der Waals surface area contributed by atoms with E-state index in [4.69, 9.17) is 10.5 Å². The summed E-state index contributed by atoms with van der Waals surface area (Å²) in [5.74, 6) is 1.62. The Hall–Kier alpha value is -1.22. The first-order valence-corrected chi connectivity index (χ1v) is 7.22. The number of ether oxygens (including phenoxy) is 1. The maximum absolute atomic E-state index is 5.96. The van der Waals surface area contributed by atoms with Crippen LogP contribution in [-0.2, 0) is 6.54 Å². The van der Waals surface area contributed by atoms with E-state index in [9.17, 15) is 0 Å². The fourth-order valence-corrected chi connectivity index (χ4v) is 3.10. The topological polar surface area (TPSA) is 38.5 Å². The molecule has 3 nitrogen and oxygen atoms in total. The van der Waals surface area contributed by atoms with Crippen molar-refractivity contribution in [1.82, 2.24) is 4.90 Å². The van der Waals surface area contributed by atoms with Gasteiger partial charge in [0.1, 0.15) is 5.75 Å². The van der Waals surface area contributed by atoms with E-state index in [0.29, 0.717) is 6.04 Å². The van der Waals surface area contributed by atoms with Crippen LogP contribution in [0.25, 0.3) is 0 Å². The fourth-order valence-electron chi connectivity index (χ4n) is 3.10. The highest BCUT2D eigenvalue weighted by Crippen LogP contribution is 2.28. The number of methoxy groups -OCH3 is 1. The molecule has 1 fully saturated rings. The van der Waals surface area contributed by atoms with Crippen LogP contribution in [0.1, 0.15) is 38.2 Å². The van der Waals surface area contributed by atoms with Crippen LogP contribution in [0.3, 0.4) is 0 Å². The van der Waals surface area contributed by atoms with Gasteiger partial charge >= 0.3 is 0 Å². The Morgan fingerprint density at radius 2 is 2.16 bits per heavy atom. The molecule has 1 aromatic carbocycles. The smallest absolute Gasteiger partial charge is 0.141 e. The molecule has 0 aliphatic heterocycles. The lowest BCUT2D eigenvalue weighted by Crippen LogP contribution is -2.35. The zero-order chi connectivity index (χ0) is 13.8. The maximum Gasteiger partial charge on any atom is 0.141 e. The van der Waals surface area contributed by atoms with E-state index >= 15 is 0 Å². The van der Waals surface area contributed by atoms with Crippen LogP contribution in [-0.4, -0.2) is 25.1 Å². The first-order valence-electron chi connectivity index (χ1n) is 7.22. The number of nitrogens with zero attached hydrogens (tertiary/aromatic N) is 1. The minimum atomic E-state index is 0.715. The minimum Gasteiger partial charge on any atom is -0.495 e. The summed E-state index contributed by atoms with van der Waals surface area (Å²) < 4.78 is 5.20. The van der Waals surface area contributed by atoms with E-state index in [0.717, 1.165) is 23.9 Å². The average Bonchev–Trinajstić information content (AvgIpc) is 2.39. The van der Waals surface area contributed by atoms with Crippen LogP contribution in [0, 0.1) is 5.92 Å². The summed E-state index contributed by atoms with van der Waals surface area (Å²) in [5.41, 5.74) is 7.95. The molecule has 2 atom stereocenters. The summed E-state index contributed by atoms with van der Waals surface area (Å²) in [6.07, 6.45) is 5.40. The van der Waals surface area contributed by atoms with E-state index in [1.165, 1.54) is 31.2 Å². The second-order valence-electron chi connectivity index (χ2n) is 5.92. The molecule has 0 saturated heterocycles. The van der Waals surface area contributed by atoms with Gasteiger partial charge in [-0.2, -0.15) is 0 Å². The lowest BCUT2D eigenvalue weighted by Gasteiger charge is -2.34. The predicted octanol–water partition coefficient (Wildman–Crippen LogP) is 3.29. The molecule has 106 valence electrons. The molecule has 3 heteroatoms. The Kier molecular flexibility index (Phi) is 4.70. The van der Waals surface area contributed by atoms with Gasteiger partial charge in [-0.25, -0.2) is 0 Å². The number of nitrogens with two attached hydrogens (primary N) is 1. The molecule has 0 bridgehead atoms. The SMILES string of the molecule is COc1ccc(CN(C)C2CCCC(C)C2)cc1N. The summed E-state index contributed by atoms with van der Waals surface area (Å²) in [5, 5.41) is 0. The first-order chi connectivity index (χ1) is 9.10. The first kappa shape index (κ1) is 14.2. The van der Waals surface area contributed by atoms with Crippen LogP contribution >= 0.6 is 0 Å². The van der Waals surface area contributed by atoms with Gasteiger partial charge in [0, 0.05) is 12.6 Å². The predicted molar refractivity (Wildman–Crippen MR) is 80.3 cm³/mol. The van der Waals surface area contributed by atoms with Crippen LogP contribution in [0.15, 0.2) is 18.2 Å². The Morgan fingerprint density at radius 1 is 1.37 bits per heavy atom. The summed E-state index contributed by atoms with van der Waals surface area (Å²) in [7, 11) is 3.88. The zero-order valence-electron chi connectivity index (χ0n) is 12.4. The highest BCUT2D eigenvalue weighted by atomic mass is 16.5. The monoisotopic (exact) mass is 262 g/mol. The van der Waals surface area contributed by atoms with Crippen molar-refractivity contribution in [1.29, 1.82) is 0 Å².